The number of amides is 1. The summed E-state index contributed by atoms with van der Waals surface area (Å²) in [5.41, 5.74) is 0. The van der Waals surface area contributed by atoms with Crippen molar-refractivity contribution in [1.82, 2.24) is 9.80 Å². The van der Waals surface area contributed by atoms with Gasteiger partial charge in [-0.2, -0.15) is 0 Å². The minimum Gasteiger partial charge on any atom is -0.370 e. The summed E-state index contributed by atoms with van der Waals surface area (Å²) in [4.78, 5) is 16.9. The van der Waals surface area contributed by atoms with Crippen LogP contribution in [-0.2, 0) is 9.53 Å². The van der Waals surface area contributed by atoms with Crippen LogP contribution in [0.4, 0.5) is 0 Å². The van der Waals surface area contributed by atoms with E-state index in [1.807, 2.05) is 4.90 Å². The first-order valence-corrected chi connectivity index (χ1v) is 7.43. The highest BCUT2D eigenvalue weighted by molar-refractivity contribution is 5.77. The molecule has 0 aliphatic carbocycles. The average Bonchev–Trinajstić information content (AvgIpc) is 2.39. The smallest absolute Gasteiger partial charge is 0.277 e. The molecule has 2 heterocycles. The summed E-state index contributed by atoms with van der Waals surface area (Å²) in [6.07, 6.45) is 0. The molecule has 2 saturated heterocycles. The van der Waals surface area contributed by atoms with E-state index in [0.29, 0.717) is 18.5 Å². The summed E-state index contributed by atoms with van der Waals surface area (Å²) >= 11 is 0. The fraction of sp³-hybridized carbons (Fsp3) is 0.929. The molecule has 2 fully saturated rings. The van der Waals surface area contributed by atoms with Gasteiger partial charge in [0.15, 0.2) is 6.54 Å². The molecule has 5 nitrogen and oxygen atoms in total. The first-order chi connectivity index (χ1) is 9.00. The molecule has 0 aromatic rings. The van der Waals surface area contributed by atoms with Crippen molar-refractivity contribution in [3.63, 3.8) is 0 Å². The molecule has 0 aromatic heterocycles. The summed E-state index contributed by atoms with van der Waals surface area (Å²) in [6, 6.07) is 0.584. The van der Waals surface area contributed by atoms with Crippen molar-refractivity contribution in [2.75, 3.05) is 66.1 Å². The Bertz CT molecular complexity index is 306. The topological polar surface area (TPSA) is 32.8 Å². The molecule has 1 amide bonds. The monoisotopic (exact) mass is 270 g/mol. The molecule has 0 atom stereocenters. The van der Waals surface area contributed by atoms with Gasteiger partial charge in [-0.15, -0.1) is 0 Å². The number of nitrogens with zero attached hydrogens (tertiary/aromatic N) is 3. The van der Waals surface area contributed by atoms with Gasteiger partial charge in [-0.1, -0.05) is 0 Å². The molecule has 0 bridgehead atoms. The molecule has 5 heteroatoms. The van der Waals surface area contributed by atoms with Crippen LogP contribution >= 0.6 is 0 Å². The molecule has 110 valence electrons. The van der Waals surface area contributed by atoms with Crippen molar-refractivity contribution in [2.24, 2.45) is 0 Å². The van der Waals surface area contributed by atoms with Gasteiger partial charge >= 0.3 is 0 Å². The zero-order chi connectivity index (χ0) is 13.9. The average molecular weight is 270 g/mol. The second kappa shape index (κ2) is 6.20. The number of rotatable bonds is 3. The molecule has 0 saturated carbocycles. The predicted molar refractivity (Wildman–Crippen MR) is 74.9 cm³/mol. The quantitative estimate of drug-likeness (QED) is 0.678. The van der Waals surface area contributed by atoms with Crippen LogP contribution in [0.1, 0.15) is 13.8 Å². The molecule has 0 spiro atoms. The molecule has 19 heavy (non-hydrogen) atoms. The number of hydrogen-bond acceptors (Lipinski definition) is 3. The zero-order valence-electron chi connectivity index (χ0n) is 12.6. The number of piperazine rings is 1. The summed E-state index contributed by atoms with van der Waals surface area (Å²) in [5, 5.41) is 0. The van der Waals surface area contributed by atoms with Gasteiger partial charge in [-0.25, -0.2) is 0 Å². The third-order valence-corrected chi connectivity index (χ3v) is 4.47. The lowest BCUT2D eigenvalue weighted by atomic mass is 10.2. The second-order valence-corrected chi connectivity index (χ2v) is 6.35. The maximum absolute atomic E-state index is 12.4. The number of morpholine rings is 1. The molecule has 0 N–H and O–H groups in total. The van der Waals surface area contributed by atoms with E-state index in [1.165, 1.54) is 0 Å². The van der Waals surface area contributed by atoms with Crippen LogP contribution in [-0.4, -0.2) is 92.3 Å². The van der Waals surface area contributed by atoms with Crippen molar-refractivity contribution in [1.29, 1.82) is 0 Å². The van der Waals surface area contributed by atoms with E-state index < -0.39 is 0 Å². The van der Waals surface area contributed by atoms with E-state index in [9.17, 15) is 4.79 Å². The molecule has 2 aliphatic rings. The Morgan fingerprint density at radius 3 is 2.26 bits per heavy atom. The number of likely N-dealkylation sites (N-methyl/N-ethyl adjacent to an activating group) is 1. The number of ether oxygens (including phenoxy) is 1. The Morgan fingerprint density at radius 1 is 1.16 bits per heavy atom. The van der Waals surface area contributed by atoms with Crippen LogP contribution in [0, 0.1) is 0 Å². The lowest BCUT2D eigenvalue weighted by Crippen LogP contribution is -2.59. The van der Waals surface area contributed by atoms with Crippen LogP contribution in [0.15, 0.2) is 0 Å². The molecule has 2 aliphatic heterocycles. The Labute approximate surface area is 116 Å². The second-order valence-electron chi connectivity index (χ2n) is 6.35. The van der Waals surface area contributed by atoms with Gasteiger partial charge in [-0.3, -0.25) is 9.69 Å². The van der Waals surface area contributed by atoms with E-state index in [4.69, 9.17) is 4.74 Å². The number of quaternary nitrogens is 1. The summed E-state index contributed by atoms with van der Waals surface area (Å²) in [5.74, 6) is 0.313. The third-order valence-electron chi connectivity index (χ3n) is 4.47. The van der Waals surface area contributed by atoms with E-state index in [0.717, 1.165) is 57.0 Å². The summed E-state index contributed by atoms with van der Waals surface area (Å²) in [7, 11) is 2.17. The highest BCUT2D eigenvalue weighted by Crippen LogP contribution is 2.11. The maximum Gasteiger partial charge on any atom is 0.277 e. The largest absolute Gasteiger partial charge is 0.370 e. The zero-order valence-corrected chi connectivity index (χ0v) is 12.6. The first kappa shape index (κ1) is 14.8. The normalized spacial score (nSPS) is 24.7. The fourth-order valence-corrected chi connectivity index (χ4v) is 2.86. The van der Waals surface area contributed by atoms with Gasteiger partial charge in [0.05, 0.1) is 20.3 Å². The van der Waals surface area contributed by atoms with Gasteiger partial charge in [0.2, 0.25) is 0 Å². The van der Waals surface area contributed by atoms with Crippen LogP contribution < -0.4 is 0 Å². The minimum atomic E-state index is 0.313. The molecule has 0 unspecified atom stereocenters. The van der Waals surface area contributed by atoms with Crippen LogP contribution in [0.25, 0.3) is 0 Å². The SMILES string of the molecule is CC(C)N1CCN(C(=O)C[N+]2(C)CCOCC2)CC1. The van der Waals surface area contributed by atoms with Crippen LogP contribution in [0.2, 0.25) is 0 Å². The molecule has 0 radical (unpaired) electrons. The van der Waals surface area contributed by atoms with Crippen molar-refractivity contribution in [3.05, 3.63) is 0 Å². The number of carbonyl (C=O) groups excluding carboxylic acids is 1. The number of hydrogen-bond donors (Lipinski definition) is 0. The Hall–Kier alpha value is -0.650. The minimum absolute atomic E-state index is 0.313. The van der Waals surface area contributed by atoms with Gasteiger partial charge in [0.25, 0.3) is 5.91 Å². The van der Waals surface area contributed by atoms with Gasteiger partial charge in [0.1, 0.15) is 13.1 Å². The van der Waals surface area contributed by atoms with Crippen molar-refractivity contribution in [2.45, 2.75) is 19.9 Å². The molecular formula is C14H28N3O2+. The Morgan fingerprint density at radius 2 is 1.74 bits per heavy atom. The van der Waals surface area contributed by atoms with E-state index in [2.05, 4.69) is 25.8 Å². The highest BCUT2D eigenvalue weighted by Gasteiger charge is 2.31. The highest BCUT2D eigenvalue weighted by atomic mass is 16.5. The van der Waals surface area contributed by atoms with Gasteiger partial charge < -0.3 is 14.1 Å². The lowest BCUT2D eigenvalue weighted by Gasteiger charge is -2.40. The maximum atomic E-state index is 12.4. The van der Waals surface area contributed by atoms with Crippen molar-refractivity contribution < 1.29 is 14.0 Å². The van der Waals surface area contributed by atoms with Gasteiger partial charge in [0, 0.05) is 32.2 Å². The van der Waals surface area contributed by atoms with Gasteiger partial charge in [-0.05, 0) is 13.8 Å². The summed E-state index contributed by atoms with van der Waals surface area (Å²) < 4.78 is 6.22. The third kappa shape index (κ3) is 3.91. The molecule has 0 aromatic carbocycles. The first-order valence-electron chi connectivity index (χ1n) is 7.43. The standard InChI is InChI=1S/C14H28N3O2/c1-13(2)15-4-6-16(7-5-15)14(18)12-17(3)8-10-19-11-9-17/h13H,4-12H2,1-3H3/q+1. The van der Waals surface area contributed by atoms with Crippen LogP contribution in [0.5, 0.6) is 0 Å². The predicted octanol–water partition coefficient (Wildman–Crippen LogP) is 0.0158. The van der Waals surface area contributed by atoms with Crippen molar-refractivity contribution in [3.8, 4) is 0 Å². The van der Waals surface area contributed by atoms with Crippen molar-refractivity contribution >= 4 is 5.91 Å². The fourth-order valence-electron chi connectivity index (χ4n) is 2.86. The van der Waals surface area contributed by atoms with E-state index in [1.54, 1.807) is 0 Å². The van der Waals surface area contributed by atoms with E-state index >= 15 is 0 Å². The summed E-state index contributed by atoms with van der Waals surface area (Å²) in [6.45, 7) is 12.3. The van der Waals surface area contributed by atoms with E-state index in [-0.39, 0.29) is 0 Å². The molecule has 2 rings (SSSR count). The number of carbonyl (C=O) groups is 1. The van der Waals surface area contributed by atoms with Crippen LogP contribution in [0.3, 0.4) is 0 Å². The molecular weight excluding hydrogens is 242 g/mol. The Kier molecular flexibility index (Phi) is 4.81. The lowest BCUT2D eigenvalue weighted by molar-refractivity contribution is -0.909. The Balaban J connectivity index is 1.81.